The predicted molar refractivity (Wildman–Crippen MR) is 162 cm³/mol. The molecule has 3 aliphatic carbocycles. The lowest BCUT2D eigenvalue weighted by molar-refractivity contribution is -0.202. The number of halogens is 4. The van der Waals surface area contributed by atoms with Gasteiger partial charge in [-0.05, 0) is 60.6 Å². The number of benzene rings is 2. The number of amides is 4. The molecule has 2 saturated carbocycles. The van der Waals surface area contributed by atoms with Gasteiger partial charge in [-0.3, -0.25) is 28.9 Å². The van der Waals surface area contributed by atoms with Crippen molar-refractivity contribution in [3.63, 3.8) is 0 Å². The van der Waals surface area contributed by atoms with Crippen molar-refractivity contribution in [2.75, 3.05) is 19.6 Å². The first kappa shape index (κ1) is 30.7. The van der Waals surface area contributed by atoms with Gasteiger partial charge in [-0.2, -0.15) is 18.3 Å². The first-order chi connectivity index (χ1) is 22.9. The van der Waals surface area contributed by atoms with E-state index in [2.05, 4.69) is 15.3 Å². The van der Waals surface area contributed by atoms with Crippen LogP contribution in [0.5, 0.6) is 0 Å². The first-order valence-corrected chi connectivity index (χ1v) is 16.1. The van der Waals surface area contributed by atoms with Crippen LogP contribution in [-0.2, 0) is 21.7 Å². The van der Waals surface area contributed by atoms with E-state index in [0.29, 0.717) is 21.4 Å². The number of aromatic nitrogens is 2. The van der Waals surface area contributed by atoms with Crippen LogP contribution < -0.4 is 5.32 Å². The fourth-order valence-corrected chi connectivity index (χ4v) is 7.52. The summed E-state index contributed by atoms with van der Waals surface area (Å²) in [6.45, 7) is 0.442. The van der Waals surface area contributed by atoms with Crippen molar-refractivity contribution in [3.8, 4) is 11.1 Å². The van der Waals surface area contributed by atoms with Crippen LogP contribution in [0.25, 0.3) is 11.1 Å². The molecule has 1 atom stereocenters. The molecule has 48 heavy (non-hydrogen) atoms. The minimum absolute atomic E-state index is 0.244. The second kappa shape index (κ2) is 10.7. The van der Waals surface area contributed by atoms with Crippen molar-refractivity contribution in [3.05, 3.63) is 77.4 Å². The van der Waals surface area contributed by atoms with E-state index in [4.69, 9.17) is 0 Å². The minimum atomic E-state index is -4.76. The standard InChI is InChI=1S/C34H32F4N6O4/c35-23-7-4-20(5-8-23)15-43(32(10-11-32)34(36,37)38)29(46)19-42-30(47)33(40-31(42)48)13-28(45)26-12-21(6-9-27(26)33)22-14-39-44(16-22)25-17-41(18-25)24-2-1-3-24/h4-9,12,14,16,24-25H,1-3,10-11,13,15,17-19H2,(H,40,48)/t33-/m0/s1. The van der Waals surface area contributed by atoms with Gasteiger partial charge in [0.05, 0.1) is 12.2 Å². The van der Waals surface area contributed by atoms with Crippen molar-refractivity contribution in [2.45, 2.75) is 74.4 Å². The van der Waals surface area contributed by atoms with Crippen molar-refractivity contribution in [2.24, 2.45) is 0 Å². The topological polar surface area (TPSA) is 108 Å². The van der Waals surface area contributed by atoms with Gasteiger partial charge in [0, 0.05) is 49.4 Å². The maximum Gasteiger partial charge on any atom is 0.411 e. The average Bonchev–Trinajstić information content (AvgIpc) is 3.52. The first-order valence-electron chi connectivity index (χ1n) is 16.1. The zero-order valence-electron chi connectivity index (χ0n) is 25.8. The maximum atomic E-state index is 14.2. The number of nitrogens with one attached hydrogen (secondary N) is 1. The Morgan fingerprint density at radius 2 is 1.73 bits per heavy atom. The molecule has 1 spiro atoms. The monoisotopic (exact) mass is 664 g/mol. The molecule has 250 valence electrons. The Balaban J connectivity index is 1.01. The summed E-state index contributed by atoms with van der Waals surface area (Å²) in [5.41, 5.74) is -1.95. The fraction of sp³-hybridized carbons (Fsp3) is 0.441. The lowest BCUT2D eigenvalue weighted by Crippen LogP contribution is -2.54. The molecule has 0 bridgehead atoms. The Bertz CT molecular complexity index is 1840. The third-order valence-electron chi connectivity index (χ3n) is 10.8. The van der Waals surface area contributed by atoms with Crippen LogP contribution in [0.4, 0.5) is 22.4 Å². The smallest absolute Gasteiger partial charge is 0.322 e. The van der Waals surface area contributed by atoms with Crippen LogP contribution in [-0.4, -0.2) is 85.5 Å². The van der Waals surface area contributed by atoms with Gasteiger partial charge in [0.25, 0.3) is 5.91 Å². The van der Waals surface area contributed by atoms with Crippen molar-refractivity contribution >= 4 is 23.6 Å². The number of alkyl halides is 3. The van der Waals surface area contributed by atoms with E-state index >= 15 is 0 Å². The highest BCUT2D eigenvalue weighted by Gasteiger charge is 2.68. The number of rotatable bonds is 8. The largest absolute Gasteiger partial charge is 0.411 e. The highest BCUT2D eigenvalue weighted by molar-refractivity contribution is 6.17. The number of Topliss-reactive ketones (excluding diaryl/α,β-unsaturated/α-hetero) is 1. The zero-order valence-corrected chi connectivity index (χ0v) is 25.8. The summed E-state index contributed by atoms with van der Waals surface area (Å²) in [6, 6.07) is 9.69. The molecule has 1 N–H and O–H groups in total. The molecule has 14 heteroatoms. The number of urea groups is 1. The van der Waals surface area contributed by atoms with E-state index in [1.165, 1.54) is 31.4 Å². The Kier molecular flexibility index (Phi) is 6.85. The number of carbonyl (C=O) groups is 4. The van der Waals surface area contributed by atoms with E-state index in [9.17, 15) is 36.7 Å². The summed E-state index contributed by atoms with van der Waals surface area (Å²) in [5.74, 6) is -2.94. The molecule has 2 aliphatic heterocycles. The van der Waals surface area contributed by atoms with Gasteiger partial charge in [0.1, 0.15) is 17.9 Å². The second-order valence-electron chi connectivity index (χ2n) is 13.6. The minimum Gasteiger partial charge on any atom is -0.322 e. The Morgan fingerprint density at radius 3 is 2.38 bits per heavy atom. The Hall–Kier alpha value is -4.59. The SMILES string of the molecule is O=C1C[C@]2(NC(=O)N(CC(=O)N(Cc3ccc(F)cc3)C3(C(F)(F)F)CC3)C2=O)c2ccc(-c3cnn(C4CN(C5CCC5)C4)c3)cc21. The molecule has 0 radical (unpaired) electrons. The van der Waals surface area contributed by atoms with Gasteiger partial charge in [-0.25, -0.2) is 9.18 Å². The molecule has 2 saturated heterocycles. The summed E-state index contributed by atoms with van der Waals surface area (Å²) < 4.78 is 58.0. The van der Waals surface area contributed by atoms with Crippen LogP contribution in [0.15, 0.2) is 54.9 Å². The van der Waals surface area contributed by atoms with Gasteiger partial charge in [-0.15, -0.1) is 0 Å². The molecule has 10 nitrogen and oxygen atoms in total. The number of ketones is 1. The number of carbonyl (C=O) groups excluding carboxylic acids is 4. The molecule has 5 aliphatic rings. The third-order valence-corrected chi connectivity index (χ3v) is 10.8. The van der Waals surface area contributed by atoms with Gasteiger partial charge in [-0.1, -0.05) is 30.7 Å². The van der Waals surface area contributed by atoms with Crippen LogP contribution in [0.1, 0.15) is 66.1 Å². The molecule has 2 aromatic carbocycles. The summed E-state index contributed by atoms with van der Waals surface area (Å²) in [4.78, 5) is 57.6. The van der Waals surface area contributed by atoms with Gasteiger partial charge >= 0.3 is 12.2 Å². The molecule has 1 aromatic heterocycles. The molecule has 4 amide bonds. The summed E-state index contributed by atoms with van der Waals surface area (Å²) >= 11 is 0. The molecule has 4 fully saturated rings. The number of likely N-dealkylation sites (tertiary alicyclic amines) is 1. The second-order valence-corrected chi connectivity index (χ2v) is 13.6. The molecule has 3 heterocycles. The highest BCUT2D eigenvalue weighted by Crippen LogP contribution is 2.54. The fourth-order valence-electron chi connectivity index (χ4n) is 7.52. The van der Waals surface area contributed by atoms with Crippen LogP contribution >= 0.6 is 0 Å². The summed E-state index contributed by atoms with van der Waals surface area (Å²) in [7, 11) is 0. The van der Waals surface area contributed by atoms with E-state index < -0.39 is 54.0 Å². The van der Waals surface area contributed by atoms with Gasteiger partial charge < -0.3 is 10.2 Å². The van der Waals surface area contributed by atoms with Crippen LogP contribution in [0, 0.1) is 5.82 Å². The molecular weight excluding hydrogens is 632 g/mol. The zero-order chi connectivity index (χ0) is 33.6. The number of imide groups is 1. The number of nitrogens with zero attached hydrogens (tertiary/aromatic N) is 5. The highest BCUT2D eigenvalue weighted by atomic mass is 19.4. The number of fused-ring (bicyclic) bond motifs is 2. The van der Waals surface area contributed by atoms with Crippen molar-refractivity contribution in [1.29, 1.82) is 0 Å². The molecular formula is C34H32F4N6O4. The van der Waals surface area contributed by atoms with Gasteiger partial charge in [0.15, 0.2) is 11.3 Å². The Labute approximate surface area is 272 Å². The van der Waals surface area contributed by atoms with Crippen LogP contribution in [0.3, 0.4) is 0 Å². The molecule has 0 unspecified atom stereocenters. The van der Waals surface area contributed by atoms with E-state index in [1.54, 1.807) is 24.4 Å². The van der Waals surface area contributed by atoms with E-state index in [0.717, 1.165) is 30.8 Å². The normalized spacial score (nSPS) is 23.7. The number of hydrogen-bond donors (Lipinski definition) is 1. The average molecular weight is 665 g/mol. The Morgan fingerprint density at radius 1 is 1.00 bits per heavy atom. The molecule has 3 aromatic rings. The van der Waals surface area contributed by atoms with Crippen molar-refractivity contribution in [1.82, 2.24) is 29.8 Å². The van der Waals surface area contributed by atoms with Gasteiger partial charge in [0.2, 0.25) is 5.91 Å². The van der Waals surface area contributed by atoms with Crippen LogP contribution in [0.2, 0.25) is 0 Å². The number of hydrogen-bond acceptors (Lipinski definition) is 6. The van der Waals surface area contributed by atoms with E-state index in [-0.39, 0.29) is 47.8 Å². The predicted octanol–water partition coefficient (Wildman–Crippen LogP) is 4.56. The molecule has 8 rings (SSSR count). The lowest BCUT2D eigenvalue weighted by atomic mass is 9.88. The quantitative estimate of drug-likeness (QED) is 0.280. The lowest BCUT2D eigenvalue weighted by Gasteiger charge is -2.47. The van der Waals surface area contributed by atoms with E-state index in [1.807, 2.05) is 10.9 Å². The maximum absolute atomic E-state index is 14.2. The van der Waals surface area contributed by atoms with Crippen molar-refractivity contribution < 1.29 is 36.7 Å². The third kappa shape index (κ3) is 4.74. The summed E-state index contributed by atoms with van der Waals surface area (Å²) in [5, 5.41) is 7.12. The summed E-state index contributed by atoms with van der Waals surface area (Å²) in [6.07, 6.45) is 1.60.